The summed E-state index contributed by atoms with van der Waals surface area (Å²) in [6.45, 7) is 2.44. The van der Waals surface area contributed by atoms with Gasteiger partial charge >= 0.3 is 11.9 Å². The van der Waals surface area contributed by atoms with Crippen molar-refractivity contribution in [3.05, 3.63) is 33.9 Å². The molecule has 162 valence electrons. The molecule has 0 bridgehead atoms. The van der Waals surface area contributed by atoms with Crippen molar-refractivity contribution in [2.45, 2.75) is 19.8 Å². The van der Waals surface area contributed by atoms with E-state index >= 15 is 0 Å². The molecule has 0 saturated carbocycles. The third-order valence-electron chi connectivity index (χ3n) is 3.33. The van der Waals surface area contributed by atoms with Crippen LogP contribution in [0.1, 0.15) is 30.1 Å². The van der Waals surface area contributed by atoms with Crippen LogP contribution in [-0.2, 0) is 23.8 Å². The van der Waals surface area contributed by atoms with Crippen LogP contribution in [-0.4, -0.2) is 63.8 Å². The van der Waals surface area contributed by atoms with E-state index in [1.54, 1.807) is 0 Å². The minimum absolute atomic E-state index is 0.0266. The third kappa shape index (κ3) is 10.3. The zero-order valence-electron chi connectivity index (χ0n) is 16.4. The summed E-state index contributed by atoms with van der Waals surface area (Å²) >= 11 is 0. The Morgan fingerprint density at radius 2 is 1.66 bits per heavy atom. The van der Waals surface area contributed by atoms with E-state index in [2.05, 4.69) is 4.84 Å². The van der Waals surface area contributed by atoms with Gasteiger partial charge < -0.3 is 28.5 Å². The van der Waals surface area contributed by atoms with Gasteiger partial charge in [0.25, 0.3) is 5.09 Å². The quantitative estimate of drug-likeness (QED) is 0.137. The van der Waals surface area contributed by atoms with E-state index in [0.717, 1.165) is 0 Å². The minimum atomic E-state index is -0.893. The lowest BCUT2D eigenvalue weighted by atomic mass is 10.2. The van der Waals surface area contributed by atoms with Gasteiger partial charge in [-0.2, -0.15) is 0 Å². The summed E-state index contributed by atoms with van der Waals surface area (Å²) in [5.41, 5.74) is 0.242. The van der Waals surface area contributed by atoms with Crippen LogP contribution in [0.3, 0.4) is 0 Å². The first kappa shape index (κ1) is 24.1. The SMILES string of the molecule is CCCC(=O)Oc1ccc(C(=O)OCCOCCOCCO[N+](=O)[O-])cc1OC. The summed E-state index contributed by atoms with van der Waals surface area (Å²) in [6, 6.07) is 4.37. The van der Waals surface area contributed by atoms with E-state index in [0.29, 0.717) is 6.42 Å². The number of nitrogens with zero attached hydrogens (tertiary/aromatic N) is 1. The predicted octanol–water partition coefficient (Wildman–Crippen LogP) is 1.80. The molecule has 11 heteroatoms. The second kappa shape index (κ2) is 14.1. The number of ether oxygens (including phenoxy) is 5. The van der Waals surface area contributed by atoms with Crippen LogP contribution in [0.5, 0.6) is 11.5 Å². The molecular weight excluding hydrogens is 390 g/mol. The van der Waals surface area contributed by atoms with Gasteiger partial charge in [-0.15, -0.1) is 10.1 Å². The van der Waals surface area contributed by atoms with Gasteiger partial charge in [0.05, 0.1) is 39.1 Å². The fourth-order valence-corrected chi connectivity index (χ4v) is 2.03. The highest BCUT2D eigenvalue weighted by Gasteiger charge is 2.14. The molecule has 1 aromatic carbocycles. The van der Waals surface area contributed by atoms with Crippen LogP contribution < -0.4 is 9.47 Å². The average Bonchev–Trinajstić information content (AvgIpc) is 2.69. The molecule has 0 aliphatic heterocycles. The van der Waals surface area contributed by atoms with E-state index in [1.807, 2.05) is 6.92 Å². The number of hydrogen-bond donors (Lipinski definition) is 0. The van der Waals surface area contributed by atoms with Crippen molar-refractivity contribution in [1.29, 1.82) is 0 Å². The van der Waals surface area contributed by atoms with Crippen molar-refractivity contribution in [2.24, 2.45) is 0 Å². The van der Waals surface area contributed by atoms with Gasteiger partial charge in [0.2, 0.25) is 0 Å². The van der Waals surface area contributed by atoms with Crippen LogP contribution in [0.4, 0.5) is 0 Å². The van der Waals surface area contributed by atoms with Crippen molar-refractivity contribution in [2.75, 3.05) is 46.8 Å². The number of esters is 2. The van der Waals surface area contributed by atoms with Crippen molar-refractivity contribution >= 4 is 11.9 Å². The molecule has 29 heavy (non-hydrogen) atoms. The first-order valence-corrected chi connectivity index (χ1v) is 8.96. The molecule has 1 aromatic rings. The van der Waals surface area contributed by atoms with E-state index < -0.39 is 11.1 Å². The lowest BCUT2D eigenvalue weighted by Crippen LogP contribution is -2.15. The van der Waals surface area contributed by atoms with Crippen LogP contribution in [0.2, 0.25) is 0 Å². The summed E-state index contributed by atoms with van der Waals surface area (Å²) in [6.07, 6.45) is 0.945. The molecule has 0 fully saturated rings. The Morgan fingerprint density at radius 1 is 1.00 bits per heavy atom. The van der Waals surface area contributed by atoms with Crippen molar-refractivity contribution in [3.8, 4) is 11.5 Å². The monoisotopic (exact) mass is 415 g/mol. The maximum atomic E-state index is 12.1. The molecule has 0 N–H and O–H groups in total. The Hall–Kier alpha value is -2.92. The lowest BCUT2D eigenvalue weighted by Gasteiger charge is -2.11. The first-order chi connectivity index (χ1) is 14.0. The molecule has 0 aliphatic rings. The van der Waals surface area contributed by atoms with Gasteiger partial charge in [0.1, 0.15) is 13.2 Å². The Bertz CT molecular complexity index is 664. The van der Waals surface area contributed by atoms with Gasteiger partial charge in [0, 0.05) is 6.42 Å². The molecule has 0 aliphatic carbocycles. The first-order valence-electron chi connectivity index (χ1n) is 8.96. The highest BCUT2D eigenvalue weighted by Crippen LogP contribution is 2.28. The van der Waals surface area contributed by atoms with Crippen LogP contribution in [0.25, 0.3) is 0 Å². The van der Waals surface area contributed by atoms with Crippen LogP contribution >= 0.6 is 0 Å². The van der Waals surface area contributed by atoms with Gasteiger partial charge in [0.15, 0.2) is 11.5 Å². The maximum Gasteiger partial charge on any atom is 0.338 e. The minimum Gasteiger partial charge on any atom is -0.493 e. The third-order valence-corrected chi connectivity index (χ3v) is 3.33. The molecule has 0 atom stereocenters. The fraction of sp³-hybridized carbons (Fsp3) is 0.556. The normalized spacial score (nSPS) is 10.3. The number of hydrogen-bond acceptors (Lipinski definition) is 10. The van der Waals surface area contributed by atoms with E-state index in [1.165, 1.54) is 25.3 Å². The van der Waals surface area contributed by atoms with Crippen molar-refractivity contribution < 1.29 is 43.2 Å². The summed E-state index contributed by atoms with van der Waals surface area (Å²) in [5.74, 6) is -0.480. The molecule has 0 saturated heterocycles. The van der Waals surface area contributed by atoms with Crippen molar-refractivity contribution in [1.82, 2.24) is 0 Å². The van der Waals surface area contributed by atoms with Gasteiger partial charge in [-0.1, -0.05) is 6.92 Å². The largest absolute Gasteiger partial charge is 0.493 e. The lowest BCUT2D eigenvalue weighted by molar-refractivity contribution is -0.758. The Morgan fingerprint density at radius 3 is 2.28 bits per heavy atom. The average molecular weight is 415 g/mol. The molecular formula is C18H25NO10. The number of benzene rings is 1. The zero-order valence-corrected chi connectivity index (χ0v) is 16.4. The molecule has 0 heterocycles. The molecule has 0 radical (unpaired) electrons. The van der Waals surface area contributed by atoms with E-state index in [-0.39, 0.29) is 69.1 Å². The van der Waals surface area contributed by atoms with Gasteiger partial charge in [-0.3, -0.25) is 4.79 Å². The fourth-order valence-electron chi connectivity index (χ4n) is 2.03. The standard InChI is InChI=1S/C18H25NO10/c1-3-4-17(20)29-15-6-5-14(13-16(15)24-2)18(21)27-11-9-25-7-8-26-10-12-28-19(22)23/h5-6,13H,3-4,7-12H2,1-2H3. The Kier molecular flexibility index (Phi) is 11.8. The number of carbonyl (C=O) groups is 2. The number of methoxy groups -OCH3 is 1. The van der Waals surface area contributed by atoms with Crippen molar-refractivity contribution in [3.63, 3.8) is 0 Å². The Balaban J connectivity index is 2.28. The highest BCUT2D eigenvalue weighted by atomic mass is 17.0. The second-order valence-electron chi connectivity index (χ2n) is 5.51. The molecule has 11 nitrogen and oxygen atoms in total. The summed E-state index contributed by atoms with van der Waals surface area (Å²) in [5, 5.41) is 9.03. The van der Waals surface area contributed by atoms with Gasteiger partial charge in [-0.05, 0) is 24.6 Å². The molecule has 1 rings (SSSR count). The molecule has 0 aromatic heterocycles. The predicted molar refractivity (Wildman–Crippen MR) is 98.4 cm³/mol. The summed E-state index contributed by atoms with van der Waals surface area (Å²) in [7, 11) is 1.40. The van der Waals surface area contributed by atoms with E-state index in [4.69, 9.17) is 23.7 Å². The summed E-state index contributed by atoms with van der Waals surface area (Å²) in [4.78, 5) is 37.7. The molecule has 0 spiro atoms. The number of carbonyl (C=O) groups excluding carboxylic acids is 2. The second-order valence-corrected chi connectivity index (χ2v) is 5.51. The smallest absolute Gasteiger partial charge is 0.338 e. The van der Waals surface area contributed by atoms with Crippen LogP contribution in [0.15, 0.2) is 18.2 Å². The van der Waals surface area contributed by atoms with E-state index in [9.17, 15) is 19.7 Å². The number of rotatable bonds is 15. The molecule has 0 unspecified atom stereocenters. The van der Waals surface area contributed by atoms with Gasteiger partial charge in [-0.25, -0.2) is 4.79 Å². The summed E-state index contributed by atoms with van der Waals surface area (Å²) < 4.78 is 25.7. The Labute approximate surface area is 167 Å². The molecule has 0 amide bonds. The zero-order chi connectivity index (χ0) is 21.5. The topological polar surface area (TPSA) is 133 Å². The van der Waals surface area contributed by atoms with Crippen LogP contribution in [0, 0.1) is 10.1 Å². The maximum absolute atomic E-state index is 12.1. The highest BCUT2D eigenvalue weighted by molar-refractivity contribution is 5.90.